The summed E-state index contributed by atoms with van der Waals surface area (Å²) in [5.41, 5.74) is -0.107. The van der Waals surface area contributed by atoms with Crippen LogP contribution >= 0.6 is 23.2 Å². The molecule has 2 rings (SSSR count). The first kappa shape index (κ1) is 20.5. The van der Waals surface area contributed by atoms with Gasteiger partial charge in [-0.2, -0.15) is 5.26 Å². The predicted molar refractivity (Wildman–Crippen MR) is 99.1 cm³/mol. The van der Waals surface area contributed by atoms with Crippen molar-refractivity contribution in [3.05, 3.63) is 33.8 Å². The zero-order valence-electron chi connectivity index (χ0n) is 14.5. The molecule has 1 heterocycles. The van der Waals surface area contributed by atoms with Gasteiger partial charge in [-0.25, -0.2) is 0 Å². The van der Waals surface area contributed by atoms with Gasteiger partial charge in [-0.15, -0.1) is 0 Å². The minimum atomic E-state index is -0.886. The Morgan fingerprint density at radius 2 is 2.24 bits per heavy atom. The molecular formula is C19H25Cl2NO3. The zero-order valence-corrected chi connectivity index (χ0v) is 16.0. The van der Waals surface area contributed by atoms with Gasteiger partial charge in [-0.05, 0) is 49.8 Å². The van der Waals surface area contributed by atoms with E-state index in [0.717, 1.165) is 25.0 Å². The van der Waals surface area contributed by atoms with Gasteiger partial charge in [0, 0.05) is 13.2 Å². The van der Waals surface area contributed by atoms with E-state index in [9.17, 15) is 10.4 Å². The molecular weight excluding hydrogens is 361 g/mol. The first-order chi connectivity index (χ1) is 12.1. The third-order valence-corrected chi connectivity index (χ3v) is 5.50. The van der Waals surface area contributed by atoms with E-state index in [1.54, 1.807) is 12.1 Å². The second-order valence-corrected chi connectivity index (χ2v) is 7.23. The lowest BCUT2D eigenvalue weighted by Gasteiger charge is -2.38. The standard InChI is InChI=1S/C19H25Cl2NO3/c1-2-18(25-15-5-3-10-24-12-15)19(13-22,8-4-9-23)14-6-7-16(20)17(21)11-14/h6-7,11,15,18,23H,2-5,8-10,12H2,1H3. The van der Waals surface area contributed by atoms with Crippen LogP contribution < -0.4 is 0 Å². The summed E-state index contributed by atoms with van der Waals surface area (Å²) in [7, 11) is 0. The topological polar surface area (TPSA) is 62.5 Å². The highest BCUT2D eigenvalue weighted by atomic mass is 35.5. The van der Waals surface area contributed by atoms with E-state index in [0.29, 0.717) is 35.9 Å². The smallest absolute Gasteiger partial charge is 0.108 e. The summed E-state index contributed by atoms with van der Waals surface area (Å²) in [6, 6.07) is 7.76. The molecule has 1 fully saturated rings. The van der Waals surface area contributed by atoms with Crippen molar-refractivity contribution in [3.8, 4) is 6.07 Å². The van der Waals surface area contributed by atoms with Crippen molar-refractivity contribution in [2.45, 2.75) is 56.7 Å². The van der Waals surface area contributed by atoms with Gasteiger partial charge < -0.3 is 14.6 Å². The average molecular weight is 386 g/mol. The van der Waals surface area contributed by atoms with Crippen LogP contribution in [0, 0.1) is 11.3 Å². The van der Waals surface area contributed by atoms with Crippen LogP contribution in [0.4, 0.5) is 0 Å². The molecule has 6 heteroatoms. The van der Waals surface area contributed by atoms with E-state index in [2.05, 4.69) is 6.07 Å². The second kappa shape index (κ2) is 9.75. The van der Waals surface area contributed by atoms with Gasteiger partial charge in [0.15, 0.2) is 0 Å². The van der Waals surface area contributed by atoms with Crippen molar-refractivity contribution >= 4 is 23.2 Å². The number of benzene rings is 1. The lowest BCUT2D eigenvalue weighted by molar-refractivity contribution is -0.103. The molecule has 3 atom stereocenters. The minimum absolute atomic E-state index is 0.0108. The van der Waals surface area contributed by atoms with Gasteiger partial charge >= 0.3 is 0 Å². The van der Waals surface area contributed by atoms with Gasteiger partial charge in [0.1, 0.15) is 5.41 Å². The Morgan fingerprint density at radius 1 is 1.44 bits per heavy atom. The van der Waals surface area contributed by atoms with Crippen molar-refractivity contribution < 1.29 is 14.6 Å². The molecule has 25 heavy (non-hydrogen) atoms. The molecule has 0 bridgehead atoms. The van der Waals surface area contributed by atoms with Gasteiger partial charge in [-0.3, -0.25) is 0 Å². The van der Waals surface area contributed by atoms with E-state index < -0.39 is 5.41 Å². The van der Waals surface area contributed by atoms with E-state index in [1.165, 1.54) is 0 Å². The molecule has 1 aromatic rings. The summed E-state index contributed by atoms with van der Waals surface area (Å²) in [6.07, 6.45) is 3.24. The van der Waals surface area contributed by atoms with Crippen molar-refractivity contribution in [1.82, 2.24) is 0 Å². The monoisotopic (exact) mass is 385 g/mol. The number of hydrogen-bond acceptors (Lipinski definition) is 4. The van der Waals surface area contributed by atoms with Gasteiger partial charge in [0.2, 0.25) is 0 Å². The molecule has 0 saturated carbocycles. The van der Waals surface area contributed by atoms with Crippen LogP contribution in [0.25, 0.3) is 0 Å². The number of nitrogens with zero attached hydrogens (tertiary/aromatic N) is 1. The summed E-state index contributed by atoms with van der Waals surface area (Å²) in [5, 5.41) is 20.3. The van der Waals surface area contributed by atoms with Crippen molar-refractivity contribution in [2.75, 3.05) is 19.8 Å². The Hall–Kier alpha value is -0.830. The van der Waals surface area contributed by atoms with Crippen LogP contribution in [-0.4, -0.2) is 37.1 Å². The van der Waals surface area contributed by atoms with Crippen molar-refractivity contribution in [2.24, 2.45) is 0 Å². The average Bonchev–Trinajstić information content (AvgIpc) is 2.65. The maximum atomic E-state index is 10.1. The van der Waals surface area contributed by atoms with Crippen LogP contribution in [-0.2, 0) is 14.9 Å². The molecule has 1 N–H and O–H groups in total. The lowest BCUT2D eigenvalue weighted by atomic mass is 9.72. The van der Waals surface area contributed by atoms with E-state index in [-0.39, 0.29) is 18.8 Å². The Labute approximate surface area is 159 Å². The molecule has 1 aliphatic rings. The van der Waals surface area contributed by atoms with Crippen LogP contribution in [0.3, 0.4) is 0 Å². The number of rotatable bonds is 8. The zero-order chi connectivity index (χ0) is 18.3. The number of aliphatic hydroxyl groups is 1. The highest BCUT2D eigenvalue weighted by molar-refractivity contribution is 6.42. The molecule has 0 radical (unpaired) electrons. The number of ether oxygens (including phenoxy) is 2. The summed E-state index contributed by atoms with van der Waals surface area (Å²) < 4.78 is 11.8. The van der Waals surface area contributed by atoms with Gasteiger partial charge in [0.25, 0.3) is 0 Å². The Bertz CT molecular complexity index is 599. The third-order valence-electron chi connectivity index (χ3n) is 4.76. The molecule has 0 spiro atoms. The molecule has 1 aromatic carbocycles. The number of halogens is 2. The summed E-state index contributed by atoms with van der Waals surface area (Å²) in [4.78, 5) is 0. The highest BCUT2D eigenvalue weighted by Crippen LogP contribution is 2.39. The molecule has 1 aliphatic heterocycles. The maximum absolute atomic E-state index is 10.1. The summed E-state index contributed by atoms with van der Waals surface area (Å²) in [6.45, 7) is 3.35. The minimum Gasteiger partial charge on any atom is -0.396 e. The third kappa shape index (κ3) is 4.87. The molecule has 0 amide bonds. The summed E-state index contributed by atoms with van der Waals surface area (Å²) in [5.74, 6) is 0. The van der Waals surface area contributed by atoms with Crippen molar-refractivity contribution in [3.63, 3.8) is 0 Å². The Balaban J connectivity index is 2.36. The van der Waals surface area contributed by atoms with E-state index in [4.69, 9.17) is 32.7 Å². The fourth-order valence-electron chi connectivity index (χ4n) is 3.43. The predicted octanol–water partition coefficient (Wildman–Crippen LogP) is 4.50. The molecule has 4 nitrogen and oxygen atoms in total. The normalized spacial score (nSPS) is 21.3. The van der Waals surface area contributed by atoms with Crippen LogP contribution in [0.1, 0.15) is 44.6 Å². The fraction of sp³-hybridized carbons (Fsp3) is 0.632. The Morgan fingerprint density at radius 3 is 2.80 bits per heavy atom. The second-order valence-electron chi connectivity index (χ2n) is 6.41. The van der Waals surface area contributed by atoms with Crippen LogP contribution in [0.2, 0.25) is 10.0 Å². The first-order valence-electron chi connectivity index (χ1n) is 8.78. The van der Waals surface area contributed by atoms with Crippen LogP contribution in [0.15, 0.2) is 18.2 Å². The highest BCUT2D eigenvalue weighted by Gasteiger charge is 2.42. The summed E-state index contributed by atoms with van der Waals surface area (Å²) >= 11 is 12.2. The number of hydrogen-bond donors (Lipinski definition) is 1. The van der Waals surface area contributed by atoms with E-state index in [1.807, 2.05) is 13.0 Å². The largest absolute Gasteiger partial charge is 0.396 e. The SMILES string of the molecule is CCC(OC1CCCOC1)C(C#N)(CCCO)c1ccc(Cl)c(Cl)c1. The molecule has 3 unspecified atom stereocenters. The first-order valence-corrected chi connectivity index (χ1v) is 9.53. The quantitative estimate of drug-likeness (QED) is 0.715. The Kier molecular flexibility index (Phi) is 7.99. The van der Waals surface area contributed by atoms with Crippen molar-refractivity contribution in [1.29, 1.82) is 5.26 Å². The van der Waals surface area contributed by atoms with E-state index >= 15 is 0 Å². The van der Waals surface area contributed by atoms with Gasteiger partial charge in [0.05, 0.1) is 34.9 Å². The van der Waals surface area contributed by atoms with Crippen LogP contribution in [0.5, 0.6) is 0 Å². The van der Waals surface area contributed by atoms with Gasteiger partial charge in [-0.1, -0.05) is 36.2 Å². The molecule has 0 aliphatic carbocycles. The molecule has 138 valence electrons. The molecule has 0 aromatic heterocycles. The number of aliphatic hydroxyl groups excluding tert-OH is 1. The number of nitriles is 1. The fourth-order valence-corrected chi connectivity index (χ4v) is 3.72. The lowest BCUT2D eigenvalue weighted by Crippen LogP contribution is -2.44. The maximum Gasteiger partial charge on any atom is 0.108 e. The molecule has 1 saturated heterocycles.